The van der Waals surface area contributed by atoms with Gasteiger partial charge in [0.25, 0.3) is 0 Å². The molecule has 0 radical (unpaired) electrons. The first-order valence-corrected chi connectivity index (χ1v) is 7.53. The average molecular weight is 253 g/mol. The molecular formula is C14H27N3O. The third kappa shape index (κ3) is 3.69. The van der Waals surface area contributed by atoms with Crippen molar-refractivity contribution < 1.29 is 4.79 Å². The Morgan fingerprint density at radius 1 is 1.06 bits per heavy atom. The van der Waals surface area contributed by atoms with Crippen molar-refractivity contribution >= 4 is 5.91 Å². The van der Waals surface area contributed by atoms with E-state index in [1.165, 1.54) is 32.1 Å². The zero-order valence-corrected chi connectivity index (χ0v) is 11.4. The molecule has 4 heteroatoms. The molecule has 2 N–H and O–H groups in total. The Kier molecular flexibility index (Phi) is 5.45. The Labute approximate surface area is 110 Å². The highest BCUT2D eigenvalue weighted by molar-refractivity contribution is 5.76. The van der Waals surface area contributed by atoms with Gasteiger partial charge in [0.2, 0.25) is 5.91 Å². The molecule has 18 heavy (non-hydrogen) atoms. The molecule has 0 bridgehead atoms. The van der Waals surface area contributed by atoms with Gasteiger partial charge in [-0.15, -0.1) is 0 Å². The second-order valence-electron chi connectivity index (χ2n) is 5.60. The minimum absolute atomic E-state index is 0.295. The third-order valence-corrected chi connectivity index (χ3v) is 4.35. The van der Waals surface area contributed by atoms with Gasteiger partial charge in [0.1, 0.15) is 0 Å². The van der Waals surface area contributed by atoms with Crippen LogP contribution in [0.4, 0.5) is 0 Å². The first kappa shape index (κ1) is 13.8. The summed E-state index contributed by atoms with van der Waals surface area (Å²) in [6.07, 6.45) is 8.36. The van der Waals surface area contributed by atoms with Crippen molar-refractivity contribution in [3.05, 3.63) is 0 Å². The van der Waals surface area contributed by atoms with Crippen LogP contribution in [0, 0.1) is 0 Å². The SMILES string of the molecule is NCCCC(=O)N1CCN(C2CCCCC2)CC1. The molecule has 0 aromatic carbocycles. The van der Waals surface area contributed by atoms with Crippen molar-refractivity contribution in [3.8, 4) is 0 Å². The number of rotatable bonds is 4. The molecule has 1 aliphatic carbocycles. The lowest BCUT2D eigenvalue weighted by Crippen LogP contribution is -2.52. The van der Waals surface area contributed by atoms with E-state index in [1.54, 1.807) is 0 Å². The second-order valence-corrected chi connectivity index (χ2v) is 5.60. The number of carbonyl (C=O) groups is 1. The largest absolute Gasteiger partial charge is 0.340 e. The van der Waals surface area contributed by atoms with Crippen LogP contribution < -0.4 is 5.73 Å². The highest BCUT2D eigenvalue weighted by Crippen LogP contribution is 2.23. The predicted octanol–water partition coefficient (Wildman–Crippen LogP) is 1.20. The van der Waals surface area contributed by atoms with Gasteiger partial charge in [0, 0.05) is 38.6 Å². The van der Waals surface area contributed by atoms with E-state index in [9.17, 15) is 4.79 Å². The molecule has 0 aromatic rings. The minimum atomic E-state index is 0.295. The summed E-state index contributed by atoms with van der Waals surface area (Å²) in [6.45, 7) is 4.59. The van der Waals surface area contributed by atoms with E-state index in [2.05, 4.69) is 4.90 Å². The number of piperazine rings is 1. The Morgan fingerprint density at radius 2 is 1.72 bits per heavy atom. The van der Waals surface area contributed by atoms with E-state index in [4.69, 9.17) is 5.73 Å². The molecule has 2 fully saturated rings. The van der Waals surface area contributed by atoms with Crippen molar-refractivity contribution in [1.82, 2.24) is 9.80 Å². The van der Waals surface area contributed by atoms with Gasteiger partial charge in [-0.2, -0.15) is 0 Å². The van der Waals surface area contributed by atoms with E-state index in [0.717, 1.165) is 38.6 Å². The maximum atomic E-state index is 11.9. The molecule has 1 amide bonds. The van der Waals surface area contributed by atoms with Gasteiger partial charge in [-0.05, 0) is 25.8 Å². The van der Waals surface area contributed by atoms with Gasteiger partial charge >= 0.3 is 0 Å². The normalized spacial score (nSPS) is 23.3. The molecule has 0 unspecified atom stereocenters. The van der Waals surface area contributed by atoms with Crippen LogP contribution in [0.15, 0.2) is 0 Å². The molecule has 1 saturated carbocycles. The summed E-state index contributed by atoms with van der Waals surface area (Å²) in [4.78, 5) is 16.5. The van der Waals surface area contributed by atoms with Crippen LogP contribution in [0.25, 0.3) is 0 Å². The third-order valence-electron chi connectivity index (χ3n) is 4.35. The Hall–Kier alpha value is -0.610. The summed E-state index contributed by atoms with van der Waals surface area (Å²) in [6, 6.07) is 0.792. The molecule has 4 nitrogen and oxygen atoms in total. The molecule has 0 aromatic heterocycles. The fourth-order valence-electron chi connectivity index (χ4n) is 3.19. The maximum absolute atomic E-state index is 11.9. The first-order valence-electron chi connectivity index (χ1n) is 7.53. The molecule has 2 rings (SSSR count). The molecular weight excluding hydrogens is 226 g/mol. The molecule has 0 spiro atoms. The minimum Gasteiger partial charge on any atom is -0.340 e. The summed E-state index contributed by atoms with van der Waals surface area (Å²) in [7, 11) is 0. The van der Waals surface area contributed by atoms with Crippen molar-refractivity contribution in [2.45, 2.75) is 51.0 Å². The monoisotopic (exact) mass is 253 g/mol. The van der Waals surface area contributed by atoms with Crippen LogP contribution in [-0.2, 0) is 4.79 Å². The molecule has 1 saturated heterocycles. The van der Waals surface area contributed by atoms with Gasteiger partial charge in [0.05, 0.1) is 0 Å². The van der Waals surface area contributed by atoms with Gasteiger partial charge in [0.15, 0.2) is 0 Å². The quantitative estimate of drug-likeness (QED) is 0.819. The predicted molar refractivity (Wildman–Crippen MR) is 73.3 cm³/mol. The van der Waals surface area contributed by atoms with Crippen molar-refractivity contribution in [2.75, 3.05) is 32.7 Å². The zero-order valence-electron chi connectivity index (χ0n) is 11.4. The summed E-state index contributed by atoms with van der Waals surface area (Å²) in [5.41, 5.74) is 5.45. The molecule has 0 atom stereocenters. The van der Waals surface area contributed by atoms with E-state index >= 15 is 0 Å². The lowest BCUT2D eigenvalue weighted by molar-refractivity contribution is -0.133. The molecule has 1 aliphatic heterocycles. The van der Waals surface area contributed by atoms with Crippen LogP contribution in [0.5, 0.6) is 0 Å². The number of amides is 1. The fourth-order valence-corrected chi connectivity index (χ4v) is 3.19. The number of nitrogens with zero attached hydrogens (tertiary/aromatic N) is 2. The van der Waals surface area contributed by atoms with Crippen LogP contribution in [0.1, 0.15) is 44.9 Å². The standard InChI is InChI=1S/C14H27N3O/c15-8-4-7-14(18)17-11-9-16(10-12-17)13-5-2-1-3-6-13/h13H,1-12,15H2. The van der Waals surface area contributed by atoms with E-state index in [0.29, 0.717) is 18.9 Å². The fraction of sp³-hybridized carbons (Fsp3) is 0.929. The second kappa shape index (κ2) is 7.10. The van der Waals surface area contributed by atoms with Crippen LogP contribution in [0.2, 0.25) is 0 Å². The van der Waals surface area contributed by atoms with E-state index in [-0.39, 0.29) is 0 Å². The van der Waals surface area contributed by atoms with Gasteiger partial charge in [-0.1, -0.05) is 19.3 Å². The van der Waals surface area contributed by atoms with Crippen molar-refractivity contribution in [3.63, 3.8) is 0 Å². The highest BCUT2D eigenvalue weighted by Gasteiger charge is 2.26. The van der Waals surface area contributed by atoms with E-state index < -0.39 is 0 Å². The number of nitrogens with two attached hydrogens (primary N) is 1. The topological polar surface area (TPSA) is 49.6 Å². The molecule has 2 aliphatic rings. The first-order chi connectivity index (χ1) is 8.81. The molecule has 104 valence electrons. The van der Waals surface area contributed by atoms with Crippen molar-refractivity contribution in [1.29, 1.82) is 0 Å². The summed E-state index contributed by atoms with van der Waals surface area (Å²) in [5.74, 6) is 0.295. The Balaban J connectivity index is 1.71. The Bertz CT molecular complexity index is 256. The van der Waals surface area contributed by atoms with Gasteiger partial charge in [-0.25, -0.2) is 0 Å². The maximum Gasteiger partial charge on any atom is 0.222 e. The average Bonchev–Trinajstić information content (AvgIpc) is 2.46. The lowest BCUT2D eigenvalue weighted by atomic mass is 9.94. The summed E-state index contributed by atoms with van der Waals surface area (Å²) in [5, 5.41) is 0. The Morgan fingerprint density at radius 3 is 2.33 bits per heavy atom. The zero-order chi connectivity index (χ0) is 12.8. The van der Waals surface area contributed by atoms with Crippen LogP contribution in [-0.4, -0.2) is 54.5 Å². The van der Waals surface area contributed by atoms with Crippen molar-refractivity contribution in [2.24, 2.45) is 5.73 Å². The van der Waals surface area contributed by atoms with E-state index in [1.807, 2.05) is 4.90 Å². The number of hydrogen-bond acceptors (Lipinski definition) is 3. The van der Waals surface area contributed by atoms with Crippen LogP contribution >= 0.6 is 0 Å². The number of hydrogen-bond donors (Lipinski definition) is 1. The highest BCUT2D eigenvalue weighted by atomic mass is 16.2. The molecule has 1 heterocycles. The summed E-state index contributed by atoms with van der Waals surface area (Å²) < 4.78 is 0. The smallest absolute Gasteiger partial charge is 0.222 e. The number of carbonyl (C=O) groups excluding carboxylic acids is 1. The summed E-state index contributed by atoms with van der Waals surface area (Å²) >= 11 is 0. The van der Waals surface area contributed by atoms with Crippen LogP contribution in [0.3, 0.4) is 0 Å². The van der Waals surface area contributed by atoms with Gasteiger partial charge in [-0.3, -0.25) is 9.69 Å². The van der Waals surface area contributed by atoms with Gasteiger partial charge < -0.3 is 10.6 Å². The lowest BCUT2D eigenvalue weighted by Gasteiger charge is -2.40.